The number of carbonyl (C=O) groups is 2. The summed E-state index contributed by atoms with van der Waals surface area (Å²) in [4.78, 5) is 26.6. The molecular weight excluding hydrogens is 284 g/mol. The SMILES string of the molecule is CCCCCNC(=O)[C@@H]1CS[C@@H]2c3ccccc3C(=O)N21. The van der Waals surface area contributed by atoms with Crippen molar-refractivity contribution in [2.75, 3.05) is 12.3 Å². The van der Waals surface area contributed by atoms with Crippen LogP contribution < -0.4 is 5.32 Å². The molecule has 1 fully saturated rings. The minimum Gasteiger partial charge on any atom is -0.354 e. The second-order valence-corrected chi connectivity index (χ2v) is 6.61. The van der Waals surface area contributed by atoms with Crippen molar-refractivity contribution in [2.24, 2.45) is 0 Å². The van der Waals surface area contributed by atoms with Gasteiger partial charge in [-0.1, -0.05) is 38.0 Å². The summed E-state index contributed by atoms with van der Waals surface area (Å²) in [6.07, 6.45) is 3.26. The number of hydrogen-bond donors (Lipinski definition) is 1. The molecule has 2 amide bonds. The van der Waals surface area contributed by atoms with Crippen molar-refractivity contribution in [2.45, 2.75) is 37.6 Å². The van der Waals surface area contributed by atoms with E-state index >= 15 is 0 Å². The summed E-state index contributed by atoms with van der Waals surface area (Å²) < 4.78 is 0. The van der Waals surface area contributed by atoms with Gasteiger partial charge < -0.3 is 10.2 Å². The molecule has 0 bridgehead atoms. The molecule has 0 aromatic heterocycles. The van der Waals surface area contributed by atoms with Crippen molar-refractivity contribution in [3.8, 4) is 0 Å². The highest BCUT2D eigenvalue weighted by molar-refractivity contribution is 7.99. The first-order chi connectivity index (χ1) is 10.2. The predicted molar refractivity (Wildman–Crippen MR) is 84.1 cm³/mol. The Balaban J connectivity index is 1.68. The normalized spacial score (nSPS) is 23.1. The van der Waals surface area contributed by atoms with Gasteiger partial charge in [0.25, 0.3) is 5.91 Å². The van der Waals surface area contributed by atoms with Crippen LogP contribution in [-0.2, 0) is 4.79 Å². The molecule has 1 aromatic rings. The van der Waals surface area contributed by atoms with Crippen LogP contribution in [0.2, 0.25) is 0 Å². The number of nitrogens with zero attached hydrogens (tertiary/aromatic N) is 1. The van der Waals surface area contributed by atoms with Gasteiger partial charge >= 0.3 is 0 Å². The van der Waals surface area contributed by atoms with Crippen molar-refractivity contribution in [3.05, 3.63) is 35.4 Å². The molecule has 5 heteroatoms. The Hall–Kier alpha value is -1.49. The summed E-state index contributed by atoms with van der Waals surface area (Å²) in [7, 11) is 0. The van der Waals surface area contributed by atoms with Gasteiger partial charge in [-0.05, 0) is 18.1 Å². The molecule has 0 saturated carbocycles. The van der Waals surface area contributed by atoms with Gasteiger partial charge in [-0.3, -0.25) is 9.59 Å². The van der Waals surface area contributed by atoms with Crippen LogP contribution in [-0.4, -0.2) is 35.1 Å². The molecule has 112 valence electrons. The first-order valence-electron chi connectivity index (χ1n) is 7.55. The molecule has 1 N–H and O–H groups in total. The van der Waals surface area contributed by atoms with Gasteiger partial charge in [-0.25, -0.2) is 0 Å². The number of fused-ring (bicyclic) bond motifs is 3. The average Bonchev–Trinajstić information content (AvgIpc) is 3.05. The molecule has 1 aromatic carbocycles. The van der Waals surface area contributed by atoms with Crippen molar-refractivity contribution in [1.29, 1.82) is 0 Å². The zero-order valence-electron chi connectivity index (χ0n) is 12.2. The summed E-state index contributed by atoms with van der Waals surface area (Å²) in [5.74, 6) is 0.668. The van der Waals surface area contributed by atoms with Crippen LogP contribution in [0.3, 0.4) is 0 Å². The van der Waals surface area contributed by atoms with Crippen LogP contribution in [0.1, 0.15) is 47.5 Å². The molecule has 2 heterocycles. The van der Waals surface area contributed by atoms with Crippen molar-refractivity contribution in [1.82, 2.24) is 10.2 Å². The molecule has 3 rings (SSSR count). The van der Waals surface area contributed by atoms with Crippen molar-refractivity contribution < 1.29 is 9.59 Å². The van der Waals surface area contributed by atoms with Crippen LogP contribution in [0.15, 0.2) is 24.3 Å². The molecule has 4 nitrogen and oxygen atoms in total. The molecule has 0 spiro atoms. The third-order valence-corrected chi connectivity index (χ3v) is 5.38. The lowest BCUT2D eigenvalue weighted by Gasteiger charge is -2.22. The summed E-state index contributed by atoms with van der Waals surface area (Å²) >= 11 is 1.68. The van der Waals surface area contributed by atoms with Gasteiger partial charge in [0.2, 0.25) is 5.91 Å². The minimum atomic E-state index is -0.332. The van der Waals surface area contributed by atoms with E-state index in [-0.39, 0.29) is 23.2 Å². The van der Waals surface area contributed by atoms with E-state index in [9.17, 15) is 9.59 Å². The smallest absolute Gasteiger partial charge is 0.256 e. The number of amides is 2. The lowest BCUT2D eigenvalue weighted by atomic mass is 10.1. The fraction of sp³-hybridized carbons (Fsp3) is 0.500. The molecule has 21 heavy (non-hydrogen) atoms. The predicted octanol–water partition coefficient (Wildman–Crippen LogP) is 2.56. The van der Waals surface area contributed by atoms with E-state index in [4.69, 9.17) is 0 Å². The molecule has 2 aliphatic rings. The molecule has 2 atom stereocenters. The molecule has 0 aliphatic carbocycles. The van der Waals surface area contributed by atoms with E-state index in [1.165, 1.54) is 0 Å². The van der Waals surface area contributed by atoms with Crippen molar-refractivity contribution >= 4 is 23.6 Å². The topological polar surface area (TPSA) is 49.4 Å². The van der Waals surface area contributed by atoms with E-state index in [1.54, 1.807) is 16.7 Å². The Morgan fingerprint density at radius 3 is 3.00 bits per heavy atom. The Kier molecular flexibility index (Phi) is 4.19. The molecule has 2 aliphatic heterocycles. The number of benzene rings is 1. The van der Waals surface area contributed by atoms with Crippen LogP contribution in [0.5, 0.6) is 0 Å². The van der Waals surface area contributed by atoms with Gasteiger partial charge in [-0.2, -0.15) is 0 Å². The Bertz CT molecular complexity index is 561. The summed E-state index contributed by atoms with van der Waals surface area (Å²) in [5.41, 5.74) is 1.80. The average molecular weight is 304 g/mol. The van der Waals surface area contributed by atoms with Crippen LogP contribution in [0, 0.1) is 0 Å². The van der Waals surface area contributed by atoms with Crippen LogP contribution >= 0.6 is 11.8 Å². The monoisotopic (exact) mass is 304 g/mol. The van der Waals surface area contributed by atoms with E-state index < -0.39 is 0 Å². The molecule has 0 radical (unpaired) electrons. The highest BCUT2D eigenvalue weighted by atomic mass is 32.2. The minimum absolute atomic E-state index is 0.00527. The summed E-state index contributed by atoms with van der Waals surface area (Å²) in [6.45, 7) is 2.84. The standard InChI is InChI=1S/C16H20N2O2S/c1-2-3-6-9-17-14(19)13-10-21-16-12-8-5-4-7-11(12)15(20)18(13)16/h4-5,7-8,13,16H,2-3,6,9-10H2,1H3,(H,17,19)/t13-,16+/m0/s1. The zero-order chi connectivity index (χ0) is 14.8. The van der Waals surface area contributed by atoms with Crippen LogP contribution in [0.25, 0.3) is 0 Å². The number of rotatable bonds is 5. The van der Waals surface area contributed by atoms with E-state index in [1.807, 2.05) is 24.3 Å². The highest BCUT2D eigenvalue weighted by Gasteiger charge is 2.48. The first-order valence-corrected chi connectivity index (χ1v) is 8.59. The van der Waals surface area contributed by atoms with Crippen molar-refractivity contribution in [3.63, 3.8) is 0 Å². The van der Waals surface area contributed by atoms with Gasteiger partial charge in [0.15, 0.2) is 0 Å². The number of unbranched alkanes of at least 4 members (excludes halogenated alkanes) is 2. The third kappa shape index (κ3) is 2.55. The zero-order valence-corrected chi connectivity index (χ0v) is 13.0. The number of nitrogens with one attached hydrogen (secondary N) is 1. The van der Waals surface area contributed by atoms with Gasteiger partial charge in [-0.15, -0.1) is 11.8 Å². The Labute approximate surface area is 129 Å². The second-order valence-electron chi connectivity index (χ2n) is 5.50. The van der Waals surface area contributed by atoms with Gasteiger partial charge in [0.1, 0.15) is 11.4 Å². The number of hydrogen-bond acceptors (Lipinski definition) is 3. The van der Waals surface area contributed by atoms with Crippen LogP contribution in [0.4, 0.5) is 0 Å². The summed E-state index contributed by atoms with van der Waals surface area (Å²) in [5, 5.41) is 2.99. The number of carbonyl (C=O) groups excluding carboxylic acids is 2. The maximum atomic E-state index is 12.5. The Morgan fingerprint density at radius 2 is 2.19 bits per heavy atom. The van der Waals surface area contributed by atoms with E-state index in [2.05, 4.69) is 12.2 Å². The molecule has 1 saturated heterocycles. The third-order valence-electron chi connectivity index (χ3n) is 4.07. The first kappa shape index (κ1) is 14.4. The lowest BCUT2D eigenvalue weighted by Crippen LogP contribution is -2.46. The second kappa shape index (κ2) is 6.10. The lowest BCUT2D eigenvalue weighted by molar-refractivity contribution is -0.124. The van der Waals surface area contributed by atoms with Gasteiger partial charge in [0.05, 0.1) is 0 Å². The fourth-order valence-corrected chi connectivity index (χ4v) is 4.41. The summed E-state index contributed by atoms with van der Waals surface area (Å²) in [6, 6.07) is 7.35. The van der Waals surface area contributed by atoms with E-state index in [0.717, 1.165) is 30.4 Å². The fourth-order valence-electron chi connectivity index (χ4n) is 2.95. The van der Waals surface area contributed by atoms with E-state index in [0.29, 0.717) is 12.3 Å². The molecule has 0 unspecified atom stereocenters. The largest absolute Gasteiger partial charge is 0.354 e. The highest BCUT2D eigenvalue weighted by Crippen LogP contribution is 2.47. The quantitative estimate of drug-likeness (QED) is 0.851. The maximum absolute atomic E-state index is 12.5. The molecular formula is C16H20N2O2S. The Morgan fingerprint density at radius 1 is 1.38 bits per heavy atom. The number of thioether (sulfide) groups is 1. The maximum Gasteiger partial charge on any atom is 0.256 e. The van der Waals surface area contributed by atoms with Gasteiger partial charge in [0, 0.05) is 17.9 Å².